The van der Waals surface area contributed by atoms with Gasteiger partial charge in [-0.15, -0.1) is 10.2 Å². The lowest BCUT2D eigenvalue weighted by atomic mass is 10.2. The van der Waals surface area contributed by atoms with E-state index in [0.29, 0.717) is 10.8 Å². The molecule has 0 aliphatic rings. The molecule has 130 valence electrons. The Bertz CT molecular complexity index is 490. The van der Waals surface area contributed by atoms with Crippen molar-refractivity contribution in [2.45, 2.75) is 66.8 Å². The van der Waals surface area contributed by atoms with E-state index in [0.717, 1.165) is 26.6 Å². The Kier molecular flexibility index (Phi) is 11.3. The Labute approximate surface area is 156 Å². The van der Waals surface area contributed by atoms with Crippen LogP contribution < -0.4 is 0 Å². The lowest BCUT2D eigenvalue weighted by Gasteiger charge is -2.11. The summed E-state index contributed by atoms with van der Waals surface area (Å²) in [5, 5.41) is 8.90. The molecular weight excluding hydrogens is 364 g/mol. The third-order valence-electron chi connectivity index (χ3n) is 3.08. The number of rotatable bonds is 12. The number of aromatic nitrogens is 2. The number of hydrogen-bond donors (Lipinski definition) is 0. The van der Waals surface area contributed by atoms with E-state index in [9.17, 15) is 4.79 Å². The number of unbranched alkanes of at least 4 members (excludes halogenated alkanes) is 3. The van der Waals surface area contributed by atoms with Crippen molar-refractivity contribution in [2.75, 3.05) is 11.5 Å². The average molecular weight is 391 g/mol. The van der Waals surface area contributed by atoms with Gasteiger partial charge in [-0.1, -0.05) is 86.3 Å². The van der Waals surface area contributed by atoms with Crippen LogP contribution in [0.2, 0.25) is 0 Å². The highest BCUT2D eigenvalue weighted by molar-refractivity contribution is 8.15. The van der Waals surface area contributed by atoms with E-state index in [1.54, 1.807) is 41.8 Å². The molecule has 1 aromatic heterocycles. The molecule has 1 unspecified atom stereocenters. The zero-order valence-electron chi connectivity index (χ0n) is 14.2. The molecule has 0 fully saturated rings. The molecule has 3 nitrogen and oxygen atoms in total. The highest BCUT2D eigenvalue weighted by Crippen LogP contribution is 2.32. The van der Waals surface area contributed by atoms with Crippen molar-refractivity contribution < 1.29 is 4.79 Å². The zero-order valence-corrected chi connectivity index (χ0v) is 17.4. The third-order valence-corrected chi connectivity index (χ3v) is 8.13. The summed E-state index contributed by atoms with van der Waals surface area (Å²) in [7, 11) is 0. The molecule has 0 saturated carbocycles. The van der Waals surface area contributed by atoms with Gasteiger partial charge in [-0.3, -0.25) is 4.79 Å². The molecule has 0 radical (unpaired) electrons. The van der Waals surface area contributed by atoms with Crippen molar-refractivity contribution in [1.29, 1.82) is 0 Å². The van der Waals surface area contributed by atoms with Crippen LogP contribution in [-0.2, 0) is 4.79 Å². The summed E-state index contributed by atoms with van der Waals surface area (Å²) in [5.74, 6) is 2.01. The van der Waals surface area contributed by atoms with E-state index in [2.05, 4.69) is 30.6 Å². The zero-order chi connectivity index (χ0) is 17.1. The summed E-state index contributed by atoms with van der Waals surface area (Å²) in [5.41, 5.74) is 0.621. The van der Waals surface area contributed by atoms with Gasteiger partial charge in [-0.2, -0.15) is 0 Å². The fourth-order valence-corrected chi connectivity index (χ4v) is 5.95. The molecule has 0 aromatic carbocycles. The lowest BCUT2D eigenvalue weighted by molar-refractivity contribution is -0.107. The Hall–Kier alpha value is 0.0200. The first-order chi connectivity index (χ1) is 11.1. The second-order valence-corrected chi connectivity index (χ2v) is 10.1. The average Bonchev–Trinajstić information content (AvgIpc) is 2.98. The fourth-order valence-electron chi connectivity index (χ4n) is 1.65. The first kappa shape index (κ1) is 21.1. The van der Waals surface area contributed by atoms with Gasteiger partial charge >= 0.3 is 0 Å². The van der Waals surface area contributed by atoms with Crippen LogP contribution >= 0.6 is 46.6 Å². The molecule has 1 heterocycles. The first-order valence-electron chi connectivity index (χ1n) is 8.02. The summed E-state index contributed by atoms with van der Waals surface area (Å²) in [6, 6.07) is 0. The molecule has 1 aromatic rings. The molecule has 0 amide bonds. The summed E-state index contributed by atoms with van der Waals surface area (Å²) >= 11 is 6.57. The summed E-state index contributed by atoms with van der Waals surface area (Å²) in [6.45, 7) is 9.82. The summed E-state index contributed by atoms with van der Waals surface area (Å²) in [4.78, 5) is 11.7. The second kappa shape index (κ2) is 12.4. The number of thioether (sulfide) groups is 3. The summed E-state index contributed by atoms with van der Waals surface area (Å²) < 4.78 is 2.06. The minimum atomic E-state index is 0.0954. The van der Waals surface area contributed by atoms with Crippen LogP contribution in [0.4, 0.5) is 0 Å². The molecule has 0 spiro atoms. The van der Waals surface area contributed by atoms with Crippen molar-refractivity contribution in [3.63, 3.8) is 0 Å². The van der Waals surface area contributed by atoms with E-state index >= 15 is 0 Å². The molecule has 1 atom stereocenters. The van der Waals surface area contributed by atoms with Crippen LogP contribution in [0.25, 0.3) is 0 Å². The molecule has 1 rings (SSSR count). The molecule has 0 aliphatic carbocycles. The van der Waals surface area contributed by atoms with Gasteiger partial charge in [0.05, 0.1) is 0 Å². The van der Waals surface area contributed by atoms with Crippen LogP contribution in [-0.4, -0.2) is 32.1 Å². The van der Waals surface area contributed by atoms with Crippen LogP contribution in [0.15, 0.2) is 20.8 Å². The standard InChI is InChI=1S/C16H26N2OS4/c1-5-7-8-9-10-20-15-17-18-16(23-15)21-11-13(6-2)22-14(19)12(3)4/h13H,3,5-11H2,1-2,4H3. The topological polar surface area (TPSA) is 42.9 Å². The van der Waals surface area contributed by atoms with Gasteiger partial charge in [0.25, 0.3) is 0 Å². The number of hydrogen-bond acceptors (Lipinski definition) is 7. The van der Waals surface area contributed by atoms with Gasteiger partial charge in [0.15, 0.2) is 8.68 Å². The van der Waals surface area contributed by atoms with Crippen LogP contribution in [0.5, 0.6) is 0 Å². The van der Waals surface area contributed by atoms with Crippen molar-refractivity contribution in [2.24, 2.45) is 0 Å². The molecule has 23 heavy (non-hydrogen) atoms. The maximum Gasteiger partial charge on any atom is 0.214 e. The highest BCUT2D eigenvalue weighted by atomic mass is 32.2. The Balaban J connectivity index is 2.31. The van der Waals surface area contributed by atoms with Gasteiger partial charge in [0.1, 0.15) is 0 Å². The molecule has 0 aliphatic heterocycles. The summed E-state index contributed by atoms with van der Waals surface area (Å²) in [6.07, 6.45) is 6.11. The first-order valence-corrected chi connectivity index (χ1v) is 11.7. The molecule has 0 N–H and O–H groups in total. The van der Waals surface area contributed by atoms with Crippen LogP contribution in [0.1, 0.15) is 52.9 Å². The number of carbonyl (C=O) groups excluding carboxylic acids is 1. The van der Waals surface area contributed by atoms with Crippen LogP contribution in [0, 0.1) is 0 Å². The third kappa shape index (κ3) is 9.17. The Morgan fingerprint density at radius 3 is 2.48 bits per heavy atom. The van der Waals surface area contributed by atoms with Gasteiger partial charge in [-0.25, -0.2) is 0 Å². The largest absolute Gasteiger partial charge is 0.282 e. The fraction of sp³-hybridized carbons (Fsp3) is 0.688. The number of carbonyl (C=O) groups is 1. The predicted octanol–water partition coefficient (Wildman–Crippen LogP) is 5.92. The maximum atomic E-state index is 11.7. The van der Waals surface area contributed by atoms with Gasteiger partial charge < -0.3 is 0 Å². The number of nitrogens with zero attached hydrogens (tertiary/aromatic N) is 2. The molecule has 7 heteroatoms. The SMILES string of the molecule is C=C(C)C(=O)SC(CC)CSc1nnc(SCCCCCC)s1. The van der Waals surface area contributed by atoms with E-state index in [1.807, 2.05) is 0 Å². The van der Waals surface area contributed by atoms with Crippen molar-refractivity contribution in [3.05, 3.63) is 12.2 Å². The van der Waals surface area contributed by atoms with Crippen molar-refractivity contribution >= 4 is 51.7 Å². The predicted molar refractivity (Wildman–Crippen MR) is 107 cm³/mol. The van der Waals surface area contributed by atoms with E-state index in [1.165, 1.54) is 37.4 Å². The van der Waals surface area contributed by atoms with Crippen molar-refractivity contribution in [1.82, 2.24) is 10.2 Å². The van der Waals surface area contributed by atoms with E-state index < -0.39 is 0 Å². The molecule has 0 bridgehead atoms. The van der Waals surface area contributed by atoms with Gasteiger partial charge in [0.2, 0.25) is 5.12 Å². The second-order valence-electron chi connectivity index (χ2n) is 5.27. The quantitative estimate of drug-likeness (QED) is 0.251. The lowest BCUT2D eigenvalue weighted by Crippen LogP contribution is -2.09. The normalized spacial score (nSPS) is 12.3. The minimum absolute atomic E-state index is 0.0954. The monoisotopic (exact) mass is 390 g/mol. The van der Waals surface area contributed by atoms with Crippen molar-refractivity contribution in [3.8, 4) is 0 Å². The van der Waals surface area contributed by atoms with E-state index in [-0.39, 0.29) is 5.12 Å². The molecule has 0 saturated heterocycles. The van der Waals surface area contributed by atoms with Crippen LogP contribution in [0.3, 0.4) is 0 Å². The van der Waals surface area contributed by atoms with Gasteiger partial charge in [-0.05, 0) is 25.3 Å². The Morgan fingerprint density at radius 2 is 1.87 bits per heavy atom. The van der Waals surface area contributed by atoms with Gasteiger partial charge in [0, 0.05) is 16.8 Å². The van der Waals surface area contributed by atoms with E-state index in [4.69, 9.17) is 0 Å². The minimum Gasteiger partial charge on any atom is -0.282 e. The smallest absolute Gasteiger partial charge is 0.214 e. The maximum absolute atomic E-state index is 11.7. The Morgan fingerprint density at radius 1 is 1.17 bits per heavy atom. The highest BCUT2D eigenvalue weighted by Gasteiger charge is 2.15. The molecular formula is C16H26N2OS4.